The second kappa shape index (κ2) is 8.20. The number of benzene rings is 1. The van der Waals surface area contributed by atoms with Gasteiger partial charge in [-0.05, 0) is 43.0 Å². The second-order valence-electron chi connectivity index (χ2n) is 5.09. The van der Waals surface area contributed by atoms with Gasteiger partial charge in [-0.3, -0.25) is 0 Å². The molecule has 4 nitrogen and oxygen atoms in total. The average molecular weight is 341 g/mol. The van der Waals surface area contributed by atoms with Gasteiger partial charge in [0.15, 0.2) is 0 Å². The lowest BCUT2D eigenvalue weighted by molar-refractivity contribution is 0.465. The standard InChI is InChI=1S/C13H21ClN2O2S.ClH/c1-9(2)6-12(8-15)16-19(17,18)13-5-4-11(14)7-10(13)3;/h4-5,7,9,12,16H,6,8,15H2,1-3H3;1H. The van der Waals surface area contributed by atoms with E-state index < -0.39 is 10.0 Å². The van der Waals surface area contributed by atoms with Gasteiger partial charge in [0.05, 0.1) is 4.90 Å². The molecule has 0 spiro atoms. The van der Waals surface area contributed by atoms with Crippen LogP contribution in [0.3, 0.4) is 0 Å². The van der Waals surface area contributed by atoms with Crippen LogP contribution >= 0.6 is 24.0 Å². The number of nitrogens with two attached hydrogens (primary N) is 1. The predicted octanol–water partition coefficient (Wildman–Crippen LogP) is 2.72. The highest BCUT2D eigenvalue weighted by Crippen LogP contribution is 2.20. The van der Waals surface area contributed by atoms with Crippen LogP contribution in [0.4, 0.5) is 0 Å². The van der Waals surface area contributed by atoms with E-state index >= 15 is 0 Å². The summed E-state index contributed by atoms with van der Waals surface area (Å²) < 4.78 is 27.3. The van der Waals surface area contributed by atoms with Crippen molar-refractivity contribution in [2.75, 3.05) is 6.54 Å². The summed E-state index contributed by atoms with van der Waals surface area (Å²) in [6.07, 6.45) is 0.711. The normalized spacial score (nSPS) is 13.1. The van der Waals surface area contributed by atoms with Gasteiger partial charge in [-0.25, -0.2) is 13.1 Å². The topological polar surface area (TPSA) is 72.2 Å². The van der Waals surface area contributed by atoms with E-state index in [2.05, 4.69) is 4.72 Å². The summed E-state index contributed by atoms with van der Waals surface area (Å²) in [5, 5.41) is 0.522. The Bertz CT molecular complexity index is 533. The van der Waals surface area contributed by atoms with Crippen molar-refractivity contribution in [3.63, 3.8) is 0 Å². The first-order chi connectivity index (χ1) is 8.76. The molecular weight excluding hydrogens is 319 g/mol. The monoisotopic (exact) mass is 340 g/mol. The smallest absolute Gasteiger partial charge is 0.241 e. The highest BCUT2D eigenvalue weighted by molar-refractivity contribution is 7.89. The lowest BCUT2D eigenvalue weighted by Crippen LogP contribution is -2.41. The quantitative estimate of drug-likeness (QED) is 0.836. The van der Waals surface area contributed by atoms with Crippen molar-refractivity contribution in [1.82, 2.24) is 4.72 Å². The molecule has 0 bridgehead atoms. The Morgan fingerprint density at radius 2 is 1.95 bits per heavy atom. The second-order valence-corrected chi connectivity index (χ2v) is 7.21. The molecule has 0 aliphatic rings. The van der Waals surface area contributed by atoms with Gasteiger partial charge in [-0.1, -0.05) is 25.4 Å². The number of nitrogens with one attached hydrogen (secondary N) is 1. The van der Waals surface area contributed by atoms with Crippen LogP contribution in [-0.2, 0) is 10.0 Å². The molecule has 0 radical (unpaired) electrons. The molecule has 0 fully saturated rings. The summed E-state index contributed by atoms with van der Waals surface area (Å²) in [6.45, 7) is 6.07. The Balaban J connectivity index is 0.00000361. The van der Waals surface area contributed by atoms with Gasteiger partial charge in [0.25, 0.3) is 0 Å². The van der Waals surface area contributed by atoms with Gasteiger partial charge in [-0.15, -0.1) is 12.4 Å². The van der Waals surface area contributed by atoms with Gasteiger partial charge in [-0.2, -0.15) is 0 Å². The van der Waals surface area contributed by atoms with Crippen molar-refractivity contribution in [2.24, 2.45) is 11.7 Å². The number of aryl methyl sites for hydroxylation is 1. The predicted molar refractivity (Wildman–Crippen MR) is 86.1 cm³/mol. The molecule has 0 aliphatic carbocycles. The van der Waals surface area contributed by atoms with Crippen LogP contribution in [0.5, 0.6) is 0 Å². The largest absolute Gasteiger partial charge is 0.329 e. The lowest BCUT2D eigenvalue weighted by atomic mass is 10.1. The summed E-state index contributed by atoms with van der Waals surface area (Å²) in [5.41, 5.74) is 6.25. The minimum Gasteiger partial charge on any atom is -0.329 e. The Kier molecular flexibility index (Phi) is 8.06. The van der Waals surface area contributed by atoms with E-state index in [1.165, 1.54) is 6.07 Å². The molecule has 0 saturated carbocycles. The zero-order valence-corrected chi connectivity index (χ0v) is 14.3. The SMILES string of the molecule is Cc1cc(Cl)ccc1S(=O)(=O)NC(CN)CC(C)C.Cl. The molecule has 0 aromatic heterocycles. The van der Waals surface area contributed by atoms with E-state index in [4.69, 9.17) is 17.3 Å². The van der Waals surface area contributed by atoms with Crippen LogP contribution in [0, 0.1) is 12.8 Å². The summed E-state index contributed by atoms with van der Waals surface area (Å²) in [6, 6.07) is 4.47. The zero-order valence-electron chi connectivity index (χ0n) is 11.9. The molecule has 116 valence electrons. The summed E-state index contributed by atoms with van der Waals surface area (Å²) in [7, 11) is -3.55. The van der Waals surface area contributed by atoms with Gasteiger partial charge >= 0.3 is 0 Å². The van der Waals surface area contributed by atoms with Crippen LogP contribution in [-0.4, -0.2) is 21.0 Å². The Hall–Kier alpha value is -0.330. The number of hydrogen-bond donors (Lipinski definition) is 2. The van der Waals surface area contributed by atoms with Gasteiger partial charge in [0.1, 0.15) is 0 Å². The van der Waals surface area contributed by atoms with Gasteiger partial charge in [0, 0.05) is 17.6 Å². The van der Waals surface area contributed by atoms with Crippen LogP contribution in [0.15, 0.2) is 23.1 Å². The molecule has 1 aromatic carbocycles. The van der Waals surface area contributed by atoms with Crippen LogP contribution in [0.1, 0.15) is 25.8 Å². The first-order valence-electron chi connectivity index (χ1n) is 6.24. The fourth-order valence-electron chi connectivity index (χ4n) is 1.96. The van der Waals surface area contributed by atoms with E-state index in [1.54, 1.807) is 19.1 Å². The van der Waals surface area contributed by atoms with Crippen molar-refractivity contribution in [3.05, 3.63) is 28.8 Å². The van der Waals surface area contributed by atoms with Crippen LogP contribution in [0.2, 0.25) is 5.02 Å². The van der Waals surface area contributed by atoms with E-state index in [-0.39, 0.29) is 29.9 Å². The maximum absolute atomic E-state index is 12.3. The fourth-order valence-corrected chi connectivity index (χ4v) is 3.67. The van der Waals surface area contributed by atoms with Crippen molar-refractivity contribution >= 4 is 34.0 Å². The van der Waals surface area contributed by atoms with Crippen LogP contribution in [0.25, 0.3) is 0 Å². The molecule has 0 amide bonds. The number of sulfonamides is 1. The molecular formula is C13H22Cl2N2O2S. The summed E-state index contributed by atoms with van der Waals surface area (Å²) >= 11 is 5.83. The third kappa shape index (κ3) is 5.58. The summed E-state index contributed by atoms with van der Waals surface area (Å²) in [4.78, 5) is 0.249. The number of halogens is 2. The zero-order chi connectivity index (χ0) is 14.6. The molecule has 1 rings (SSSR count). The van der Waals surface area contributed by atoms with Crippen molar-refractivity contribution in [2.45, 2.75) is 38.1 Å². The minimum atomic E-state index is -3.55. The van der Waals surface area contributed by atoms with Crippen molar-refractivity contribution in [3.8, 4) is 0 Å². The molecule has 0 saturated heterocycles. The molecule has 7 heteroatoms. The Labute approximate surface area is 132 Å². The van der Waals surface area contributed by atoms with Gasteiger partial charge in [0.2, 0.25) is 10.0 Å². The van der Waals surface area contributed by atoms with E-state index in [0.29, 0.717) is 22.9 Å². The Morgan fingerprint density at radius 3 is 2.40 bits per heavy atom. The minimum absolute atomic E-state index is 0. The Morgan fingerprint density at radius 1 is 1.35 bits per heavy atom. The maximum atomic E-state index is 12.3. The van der Waals surface area contributed by atoms with E-state index in [0.717, 1.165) is 0 Å². The van der Waals surface area contributed by atoms with E-state index in [1.807, 2.05) is 13.8 Å². The van der Waals surface area contributed by atoms with E-state index in [9.17, 15) is 8.42 Å². The summed E-state index contributed by atoms with van der Waals surface area (Å²) in [5.74, 6) is 0.377. The molecule has 1 aromatic rings. The average Bonchev–Trinajstić information content (AvgIpc) is 2.26. The van der Waals surface area contributed by atoms with Crippen LogP contribution < -0.4 is 10.5 Å². The highest BCUT2D eigenvalue weighted by Gasteiger charge is 2.21. The first kappa shape index (κ1) is 19.7. The molecule has 0 aliphatic heterocycles. The number of hydrogen-bond acceptors (Lipinski definition) is 3. The molecule has 1 atom stereocenters. The molecule has 20 heavy (non-hydrogen) atoms. The van der Waals surface area contributed by atoms with Crippen molar-refractivity contribution < 1.29 is 8.42 Å². The first-order valence-corrected chi connectivity index (χ1v) is 8.11. The maximum Gasteiger partial charge on any atom is 0.241 e. The number of rotatable bonds is 6. The molecule has 0 heterocycles. The highest BCUT2D eigenvalue weighted by atomic mass is 35.5. The van der Waals surface area contributed by atoms with Gasteiger partial charge < -0.3 is 5.73 Å². The lowest BCUT2D eigenvalue weighted by Gasteiger charge is -2.19. The molecule has 1 unspecified atom stereocenters. The molecule has 3 N–H and O–H groups in total. The third-order valence-corrected chi connectivity index (χ3v) is 4.70. The third-order valence-electron chi connectivity index (χ3n) is 2.79. The van der Waals surface area contributed by atoms with Crippen molar-refractivity contribution in [1.29, 1.82) is 0 Å². The fraction of sp³-hybridized carbons (Fsp3) is 0.538.